The van der Waals surface area contributed by atoms with E-state index in [1.807, 2.05) is 7.11 Å². The van der Waals surface area contributed by atoms with E-state index in [4.69, 9.17) is 4.74 Å². The van der Waals surface area contributed by atoms with Gasteiger partial charge in [0.2, 0.25) is 0 Å². The average molecular weight is 270 g/mol. The topological polar surface area (TPSA) is 9.23 Å². The van der Waals surface area contributed by atoms with Crippen LogP contribution in [0.15, 0.2) is 0 Å². The predicted octanol–water partition coefficient (Wildman–Crippen LogP) is 4.85. The van der Waals surface area contributed by atoms with Gasteiger partial charge >= 0.3 is 0 Å². The van der Waals surface area contributed by atoms with Crippen molar-refractivity contribution in [2.24, 2.45) is 29.6 Å². The zero-order valence-electron chi connectivity index (χ0n) is 12.7. The van der Waals surface area contributed by atoms with Crippen molar-refractivity contribution in [1.29, 1.82) is 0 Å². The van der Waals surface area contributed by atoms with E-state index < -0.39 is 0 Å². The molecule has 0 aromatic heterocycles. The lowest BCUT2D eigenvalue weighted by atomic mass is 9.68. The lowest BCUT2D eigenvalue weighted by molar-refractivity contribution is 0.0865. The van der Waals surface area contributed by atoms with E-state index in [0.29, 0.717) is 11.8 Å². The van der Waals surface area contributed by atoms with Crippen molar-refractivity contribution >= 4 is 0 Å². The van der Waals surface area contributed by atoms with Gasteiger partial charge in [-0.15, -0.1) is 0 Å². The van der Waals surface area contributed by atoms with E-state index in [-0.39, 0.29) is 6.67 Å². The van der Waals surface area contributed by atoms with E-state index in [9.17, 15) is 4.39 Å². The van der Waals surface area contributed by atoms with E-state index >= 15 is 0 Å². The Morgan fingerprint density at radius 2 is 1.47 bits per heavy atom. The third-order valence-corrected chi connectivity index (χ3v) is 5.83. The molecular weight excluding hydrogens is 239 g/mol. The first-order valence-electron chi connectivity index (χ1n) is 8.29. The van der Waals surface area contributed by atoms with Gasteiger partial charge < -0.3 is 4.74 Å². The molecule has 1 nitrogen and oxygen atoms in total. The molecule has 0 heterocycles. The number of ether oxygens (including phenoxy) is 1. The molecular formula is C17H31FO. The normalized spacial score (nSPS) is 38.1. The maximum Gasteiger partial charge on any atom is 0.0922 e. The Balaban J connectivity index is 1.71. The summed E-state index contributed by atoms with van der Waals surface area (Å²) in [6.45, 7) is 2.91. The fraction of sp³-hybridized carbons (Fsp3) is 1.00. The van der Waals surface area contributed by atoms with Gasteiger partial charge in [0.25, 0.3) is 0 Å². The second-order valence-electron chi connectivity index (χ2n) is 7.04. The Morgan fingerprint density at radius 1 is 0.947 bits per heavy atom. The molecule has 19 heavy (non-hydrogen) atoms. The molecule has 2 aliphatic carbocycles. The number of methoxy groups -OCH3 is 1. The van der Waals surface area contributed by atoms with Crippen molar-refractivity contribution in [2.75, 3.05) is 20.4 Å². The number of hydrogen-bond donors (Lipinski definition) is 0. The van der Waals surface area contributed by atoms with E-state index in [1.54, 1.807) is 0 Å². The van der Waals surface area contributed by atoms with Gasteiger partial charge in [-0.2, -0.15) is 0 Å². The first kappa shape index (κ1) is 15.3. The molecule has 0 bridgehead atoms. The van der Waals surface area contributed by atoms with E-state index in [2.05, 4.69) is 6.92 Å². The predicted molar refractivity (Wildman–Crippen MR) is 77.9 cm³/mol. The number of halogens is 1. The number of rotatable bonds is 5. The minimum atomic E-state index is -0.128. The Hall–Kier alpha value is -0.110. The SMILES string of the molecule is COC[C@H]1CC[C@H]([C@H]2CC[C@H](C(C)CF)CC2)CC1. The van der Waals surface area contributed by atoms with Crippen LogP contribution >= 0.6 is 0 Å². The molecule has 0 N–H and O–H groups in total. The zero-order valence-corrected chi connectivity index (χ0v) is 12.7. The van der Waals surface area contributed by atoms with Crippen LogP contribution in [-0.4, -0.2) is 20.4 Å². The quantitative estimate of drug-likeness (QED) is 0.694. The molecule has 2 fully saturated rings. The lowest BCUT2D eigenvalue weighted by Crippen LogP contribution is -2.28. The molecule has 1 atom stereocenters. The third kappa shape index (κ3) is 4.18. The van der Waals surface area contributed by atoms with Crippen LogP contribution in [0.3, 0.4) is 0 Å². The first-order chi connectivity index (χ1) is 9.24. The molecule has 0 spiro atoms. The Labute approximate surface area is 118 Å². The van der Waals surface area contributed by atoms with Gasteiger partial charge in [-0.1, -0.05) is 6.92 Å². The van der Waals surface area contributed by atoms with Gasteiger partial charge in [0.1, 0.15) is 0 Å². The summed E-state index contributed by atoms with van der Waals surface area (Å²) in [5.74, 6) is 3.65. The van der Waals surface area contributed by atoms with Crippen LogP contribution < -0.4 is 0 Å². The Bertz CT molecular complexity index is 240. The van der Waals surface area contributed by atoms with Gasteiger partial charge in [-0.3, -0.25) is 4.39 Å². The zero-order chi connectivity index (χ0) is 13.7. The van der Waals surface area contributed by atoms with Crippen molar-refractivity contribution in [3.63, 3.8) is 0 Å². The molecule has 0 aromatic carbocycles. The highest BCUT2D eigenvalue weighted by Crippen LogP contribution is 2.42. The van der Waals surface area contributed by atoms with Crippen molar-refractivity contribution in [2.45, 2.75) is 58.3 Å². The summed E-state index contributed by atoms with van der Waals surface area (Å²) in [6.07, 6.45) is 10.8. The maximum absolute atomic E-state index is 12.7. The van der Waals surface area contributed by atoms with Crippen molar-refractivity contribution in [3.05, 3.63) is 0 Å². The number of hydrogen-bond acceptors (Lipinski definition) is 1. The van der Waals surface area contributed by atoms with Crippen molar-refractivity contribution in [3.8, 4) is 0 Å². The van der Waals surface area contributed by atoms with Gasteiger partial charge in [-0.05, 0) is 81.0 Å². The van der Waals surface area contributed by atoms with Crippen LogP contribution in [-0.2, 0) is 4.74 Å². The highest BCUT2D eigenvalue weighted by molar-refractivity contribution is 4.83. The van der Waals surface area contributed by atoms with Gasteiger partial charge in [0, 0.05) is 13.7 Å². The van der Waals surface area contributed by atoms with Crippen molar-refractivity contribution < 1.29 is 9.13 Å². The van der Waals surface area contributed by atoms with Crippen LogP contribution in [0.4, 0.5) is 4.39 Å². The van der Waals surface area contributed by atoms with Crippen LogP contribution in [0.5, 0.6) is 0 Å². The van der Waals surface area contributed by atoms with Crippen LogP contribution in [0.2, 0.25) is 0 Å². The minimum absolute atomic E-state index is 0.128. The van der Waals surface area contributed by atoms with E-state index in [0.717, 1.165) is 24.4 Å². The average Bonchev–Trinajstić information content (AvgIpc) is 2.48. The summed E-state index contributed by atoms with van der Waals surface area (Å²) in [5.41, 5.74) is 0. The summed E-state index contributed by atoms with van der Waals surface area (Å²) < 4.78 is 18.0. The summed E-state index contributed by atoms with van der Waals surface area (Å²) in [7, 11) is 1.82. The molecule has 112 valence electrons. The molecule has 2 saturated carbocycles. The van der Waals surface area contributed by atoms with Crippen molar-refractivity contribution in [1.82, 2.24) is 0 Å². The lowest BCUT2D eigenvalue weighted by Gasteiger charge is -2.38. The maximum atomic E-state index is 12.7. The van der Waals surface area contributed by atoms with E-state index in [1.165, 1.54) is 51.4 Å². The smallest absolute Gasteiger partial charge is 0.0922 e. The molecule has 0 radical (unpaired) electrons. The third-order valence-electron chi connectivity index (χ3n) is 5.83. The highest BCUT2D eigenvalue weighted by atomic mass is 19.1. The summed E-state index contributed by atoms with van der Waals surface area (Å²) >= 11 is 0. The molecule has 0 aromatic rings. The molecule has 1 unspecified atom stereocenters. The van der Waals surface area contributed by atoms with Crippen LogP contribution in [0, 0.1) is 29.6 Å². The minimum Gasteiger partial charge on any atom is -0.384 e. The Morgan fingerprint density at radius 3 is 1.95 bits per heavy atom. The fourth-order valence-corrected chi connectivity index (χ4v) is 4.37. The molecule has 2 heteroatoms. The number of alkyl halides is 1. The molecule has 2 rings (SSSR count). The van der Waals surface area contributed by atoms with Crippen LogP contribution in [0.25, 0.3) is 0 Å². The molecule has 2 aliphatic rings. The second kappa shape index (κ2) is 7.61. The molecule has 0 saturated heterocycles. The fourth-order valence-electron chi connectivity index (χ4n) is 4.37. The largest absolute Gasteiger partial charge is 0.384 e. The Kier molecular flexibility index (Phi) is 6.12. The summed E-state index contributed by atoms with van der Waals surface area (Å²) in [4.78, 5) is 0. The second-order valence-corrected chi connectivity index (χ2v) is 7.04. The highest BCUT2D eigenvalue weighted by Gasteiger charge is 2.32. The monoisotopic (exact) mass is 270 g/mol. The van der Waals surface area contributed by atoms with Gasteiger partial charge in [0.05, 0.1) is 6.67 Å². The van der Waals surface area contributed by atoms with Crippen LogP contribution in [0.1, 0.15) is 58.3 Å². The summed E-state index contributed by atoms with van der Waals surface area (Å²) in [5, 5.41) is 0. The molecule has 0 aliphatic heterocycles. The standard InChI is InChI=1S/C17H31FO/c1-13(11-18)15-7-9-17(10-8-15)16-5-3-14(4-6-16)12-19-2/h13-17H,3-12H2,1-2H3/t13?,14-,15-,16-,17-. The molecule has 0 amide bonds. The summed E-state index contributed by atoms with van der Waals surface area (Å²) in [6, 6.07) is 0. The first-order valence-corrected chi connectivity index (χ1v) is 8.29. The van der Waals surface area contributed by atoms with Gasteiger partial charge in [-0.25, -0.2) is 0 Å². The van der Waals surface area contributed by atoms with Gasteiger partial charge in [0.15, 0.2) is 0 Å².